The molecule has 0 saturated carbocycles. The quantitative estimate of drug-likeness (QED) is 0.930. The lowest BCUT2D eigenvalue weighted by Crippen LogP contribution is -2.37. The van der Waals surface area contributed by atoms with Gasteiger partial charge >= 0.3 is 0 Å². The lowest BCUT2D eigenvalue weighted by molar-refractivity contribution is 0.407. The molecule has 1 saturated heterocycles. The van der Waals surface area contributed by atoms with E-state index in [0.29, 0.717) is 5.92 Å². The van der Waals surface area contributed by atoms with Crippen molar-refractivity contribution in [3.8, 4) is 0 Å². The topological polar surface area (TPSA) is 57.7 Å². The number of hydrogen-bond acceptors (Lipinski definition) is 4. The van der Waals surface area contributed by atoms with Crippen LogP contribution in [0.25, 0.3) is 0 Å². The fourth-order valence-corrected chi connectivity index (χ4v) is 2.93. The van der Waals surface area contributed by atoms with Crippen molar-refractivity contribution in [1.29, 1.82) is 0 Å². The number of rotatable bonds is 3. The number of aromatic nitrogens is 4. The third-order valence-electron chi connectivity index (χ3n) is 4.03. The molecule has 0 aliphatic carbocycles. The number of hydrogen-bond donors (Lipinski definition) is 1. The monoisotopic (exact) mass is 271 g/mol. The van der Waals surface area contributed by atoms with Crippen LogP contribution in [0.3, 0.4) is 0 Å². The summed E-state index contributed by atoms with van der Waals surface area (Å²) in [5.41, 5.74) is 2.54. The highest BCUT2D eigenvalue weighted by atomic mass is 15.2. The summed E-state index contributed by atoms with van der Waals surface area (Å²) in [5.74, 6) is 2.57. The van der Waals surface area contributed by atoms with Crippen molar-refractivity contribution >= 4 is 5.82 Å². The lowest BCUT2D eigenvalue weighted by Gasteiger charge is -2.33. The largest absolute Gasteiger partial charge is 0.356 e. The van der Waals surface area contributed by atoms with E-state index in [1.165, 1.54) is 24.1 Å². The fraction of sp³-hybridized carbons (Fsp3) is 0.533. The Bertz CT molecular complexity index is 577. The maximum atomic E-state index is 4.54. The van der Waals surface area contributed by atoms with Gasteiger partial charge in [-0.3, -0.25) is 5.10 Å². The first-order valence-electron chi connectivity index (χ1n) is 7.26. The van der Waals surface area contributed by atoms with E-state index in [0.717, 1.165) is 31.2 Å². The Kier molecular flexibility index (Phi) is 3.67. The number of nitrogens with zero attached hydrogens (tertiary/aromatic N) is 4. The van der Waals surface area contributed by atoms with Gasteiger partial charge in [0.05, 0.1) is 6.20 Å². The Hall–Kier alpha value is -1.91. The number of aryl methyl sites for hydroxylation is 2. The van der Waals surface area contributed by atoms with Gasteiger partial charge in [-0.2, -0.15) is 5.10 Å². The Labute approximate surface area is 119 Å². The predicted molar refractivity (Wildman–Crippen MR) is 78.7 cm³/mol. The summed E-state index contributed by atoms with van der Waals surface area (Å²) in [4.78, 5) is 11.1. The van der Waals surface area contributed by atoms with Crippen molar-refractivity contribution in [1.82, 2.24) is 20.2 Å². The molecular weight excluding hydrogens is 250 g/mol. The van der Waals surface area contributed by atoms with Crippen LogP contribution in [0.4, 0.5) is 5.82 Å². The molecular formula is C15H21N5. The van der Waals surface area contributed by atoms with Crippen LogP contribution in [-0.2, 0) is 6.42 Å². The van der Waals surface area contributed by atoms with E-state index in [9.17, 15) is 0 Å². The van der Waals surface area contributed by atoms with Crippen LogP contribution in [-0.4, -0.2) is 33.3 Å². The van der Waals surface area contributed by atoms with E-state index in [2.05, 4.69) is 32.0 Å². The van der Waals surface area contributed by atoms with Gasteiger partial charge in [0.2, 0.25) is 0 Å². The summed E-state index contributed by atoms with van der Waals surface area (Å²) in [7, 11) is 0. The van der Waals surface area contributed by atoms with Gasteiger partial charge < -0.3 is 4.90 Å². The molecule has 2 aromatic rings. The molecule has 1 fully saturated rings. The van der Waals surface area contributed by atoms with Crippen LogP contribution >= 0.6 is 0 Å². The molecule has 0 spiro atoms. The van der Waals surface area contributed by atoms with Gasteiger partial charge in [-0.1, -0.05) is 0 Å². The van der Waals surface area contributed by atoms with Crippen molar-refractivity contribution in [2.75, 3.05) is 18.0 Å². The summed E-state index contributed by atoms with van der Waals surface area (Å²) in [5, 5.41) is 7.24. The van der Waals surface area contributed by atoms with Crippen LogP contribution in [0.2, 0.25) is 0 Å². The van der Waals surface area contributed by atoms with Gasteiger partial charge in [-0.25, -0.2) is 9.97 Å². The molecule has 0 amide bonds. The summed E-state index contributed by atoms with van der Waals surface area (Å²) in [6.07, 6.45) is 7.33. The lowest BCUT2D eigenvalue weighted by atomic mass is 9.92. The zero-order chi connectivity index (χ0) is 13.9. The molecule has 1 aliphatic heterocycles. The first kappa shape index (κ1) is 13.1. The normalized spacial score (nSPS) is 19.3. The smallest absolute Gasteiger partial charge is 0.132 e. The molecule has 0 radical (unpaired) electrons. The van der Waals surface area contributed by atoms with Gasteiger partial charge in [-0.15, -0.1) is 0 Å². The molecule has 3 rings (SSSR count). The molecule has 106 valence electrons. The van der Waals surface area contributed by atoms with Gasteiger partial charge in [0.25, 0.3) is 0 Å². The highest BCUT2D eigenvalue weighted by molar-refractivity contribution is 5.38. The van der Waals surface area contributed by atoms with Gasteiger partial charge in [0.15, 0.2) is 0 Å². The summed E-state index contributed by atoms with van der Waals surface area (Å²) < 4.78 is 0. The maximum Gasteiger partial charge on any atom is 0.132 e. The summed E-state index contributed by atoms with van der Waals surface area (Å²) in [6, 6.07) is 2.01. The number of aromatic amines is 1. The van der Waals surface area contributed by atoms with Crippen molar-refractivity contribution in [2.24, 2.45) is 5.92 Å². The number of nitrogens with one attached hydrogen (secondary N) is 1. The van der Waals surface area contributed by atoms with E-state index in [4.69, 9.17) is 0 Å². The third-order valence-corrected chi connectivity index (χ3v) is 4.03. The maximum absolute atomic E-state index is 4.54. The molecule has 20 heavy (non-hydrogen) atoms. The number of H-pyrrole nitrogens is 1. The molecule has 2 aromatic heterocycles. The van der Waals surface area contributed by atoms with E-state index in [-0.39, 0.29) is 0 Å². The highest BCUT2D eigenvalue weighted by Crippen LogP contribution is 2.24. The van der Waals surface area contributed by atoms with E-state index < -0.39 is 0 Å². The van der Waals surface area contributed by atoms with Crippen molar-refractivity contribution in [2.45, 2.75) is 33.1 Å². The molecule has 1 unspecified atom stereocenters. The average Bonchev–Trinajstić information content (AvgIpc) is 2.85. The minimum Gasteiger partial charge on any atom is -0.356 e. The molecule has 5 nitrogen and oxygen atoms in total. The molecule has 5 heteroatoms. The standard InChI is InChI=1S/C15H21N5/c1-11-9-17-19-14(11)8-13-4-3-7-20(10-13)15-5-6-16-12(2)18-15/h5-6,9,13H,3-4,7-8,10H2,1-2H3,(H,17,19). The van der Waals surface area contributed by atoms with Gasteiger partial charge in [-0.05, 0) is 50.7 Å². The predicted octanol–water partition coefficient (Wildman–Crippen LogP) is 2.28. The van der Waals surface area contributed by atoms with E-state index >= 15 is 0 Å². The zero-order valence-electron chi connectivity index (χ0n) is 12.1. The molecule has 1 atom stereocenters. The number of anilines is 1. The summed E-state index contributed by atoms with van der Waals surface area (Å²) >= 11 is 0. The Morgan fingerprint density at radius 3 is 3.05 bits per heavy atom. The van der Waals surface area contributed by atoms with E-state index in [1.54, 1.807) is 0 Å². The molecule has 0 bridgehead atoms. The molecule has 0 aromatic carbocycles. The number of piperidine rings is 1. The molecule has 3 heterocycles. The van der Waals surface area contributed by atoms with Crippen LogP contribution in [0.15, 0.2) is 18.5 Å². The highest BCUT2D eigenvalue weighted by Gasteiger charge is 2.22. The second kappa shape index (κ2) is 5.61. The van der Waals surface area contributed by atoms with Crippen LogP contribution < -0.4 is 4.90 Å². The molecule has 1 N–H and O–H groups in total. The van der Waals surface area contributed by atoms with Crippen molar-refractivity contribution < 1.29 is 0 Å². The Morgan fingerprint density at radius 2 is 2.30 bits per heavy atom. The van der Waals surface area contributed by atoms with E-state index in [1.807, 2.05) is 25.4 Å². The fourth-order valence-electron chi connectivity index (χ4n) is 2.93. The Balaban J connectivity index is 1.69. The van der Waals surface area contributed by atoms with Crippen molar-refractivity contribution in [3.63, 3.8) is 0 Å². The second-order valence-electron chi connectivity index (χ2n) is 5.65. The van der Waals surface area contributed by atoms with Gasteiger partial charge in [0.1, 0.15) is 11.6 Å². The first-order chi connectivity index (χ1) is 9.72. The average molecular weight is 271 g/mol. The Morgan fingerprint density at radius 1 is 1.40 bits per heavy atom. The van der Waals surface area contributed by atoms with Crippen LogP contribution in [0.1, 0.15) is 29.9 Å². The third kappa shape index (κ3) is 2.81. The summed E-state index contributed by atoms with van der Waals surface area (Å²) in [6.45, 7) is 6.22. The zero-order valence-corrected chi connectivity index (χ0v) is 12.1. The second-order valence-corrected chi connectivity index (χ2v) is 5.65. The minimum absolute atomic E-state index is 0.665. The van der Waals surface area contributed by atoms with Crippen LogP contribution in [0, 0.1) is 19.8 Å². The first-order valence-corrected chi connectivity index (χ1v) is 7.26. The minimum atomic E-state index is 0.665. The van der Waals surface area contributed by atoms with Crippen LogP contribution in [0.5, 0.6) is 0 Å². The van der Waals surface area contributed by atoms with Gasteiger partial charge in [0, 0.05) is 25.0 Å². The molecule has 1 aliphatic rings. The van der Waals surface area contributed by atoms with Crippen molar-refractivity contribution in [3.05, 3.63) is 35.5 Å². The SMILES string of the molecule is Cc1nccc(N2CCCC(Cc3[nH]ncc3C)C2)n1.